The number of hydrogen-bond donors (Lipinski definition) is 0. The number of anilines is 1. The van der Waals surface area contributed by atoms with Crippen LogP contribution in [0.2, 0.25) is 0 Å². The Morgan fingerprint density at radius 3 is 2.61 bits per heavy atom. The molecule has 0 radical (unpaired) electrons. The van der Waals surface area contributed by atoms with E-state index in [4.69, 9.17) is 0 Å². The molecule has 1 heterocycles. The SMILES string of the molecule is O=[N+]([O-])c1cccc2c1[Se]N(c1ccccc1)C2. The first kappa shape index (κ1) is 11.3. The fourth-order valence-corrected chi connectivity index (χ4v) is 4.37. The summed E-state index contributed by atoms with van der Waals surface area (Å²) in [5.74, 6) is 0. The Hall–Kier alpha value is -1.84. The summed E-state index contributed by atoms with van der Waals surface area (Å²) in [6, 6.07) is 15.4. The molecule has 1 aliphatic rings. The van der Waals surface area contributed by atoms with E-state index in [1.54, 1.807) is 12.1 Å². The molecule has 90 valence electrons. The molecular weight excluding hydrogens is 295 g/mol. The minimum atomic E-state index is -0.283. The molecule has 5 heteroatoms. The molecule has 0 saturated carbocycles. The molecule has 2 aromatic rings. The maximum atomic E-state index is 11.0. The van der Waals surface area contributed by atoms with E-state index in [2.05, 4.69) is 3.92 Å². The number of benzene rings is 2. The quantitative estimate of drug-likeness (QED) is 0.483. The van der Waals surface area contributed by atoms with Crippen molar-refractivity contribution in [2.45, 2.75) is 6.54 Å². The Kier molecular flexibility index (Phi) is 2.78. The zero-order valence-electron chi connectivity index (χ0n) is 9.45. The van der Waals surface area contributed by atoms with Gasteiger partial charge in [0.25, 0.3) is 0 Å². The first-order valence-electron chi connectivity index (χ1n) is 5.52. The number of nitrogens with zero attached hydrogens (tertiary/aromatic N) is 2. The number of nitro groups is 1. The van der Waals surface area contributed by atoms with Gasteiger partial charge in [-0.1, -0.05) is 0 Å². The number of rotatable bonds is 2. The van der Waals surface area contributed by atoms with Crippen LogP contribution in [0.4, 0.5) is 11.4 Å². The molecule has 0 fully saturated rings. The predicted molar refractivity (Wildman–Crippen MR) is 71.1 cm³/mol. The molecule has 0 unspecified atom stereocenters. The molecule has 18 heavy (non-hydrogen) atoms. The average molecular weight is 305 g/mol. The Balaban J connectivity index is 1.97. The second-order valence-electron chi connectivity index (χ2n) is 3.99. The normalized spacial score (nSPS) is 13.4. The van der Waals surface area contributed by atoms with E-state index in [-0.39, 0.29) is 25.8 Å². The third-order valence-corrected chi connectivity index (χ3v) is 5.38. The number of hydrogen-bond acceptors (Lipinski definition) is 3. The van der Waals surface area contributed by atoms with Gasteiger partial charge in [0.2, 0.25) is 0 Å². The van der Waals surface area contributed by atoms with Crippen LogP contribution in [0.15, 0.2) is 48.5 Å². The zero-order valence-corrected chi connectivity index (χ0v) is 11.2. The first-order valence-corrected chi connectivity index (χ1v) is 7.15. The van der Waals surface area contributed by atoms with Crippen molar-refractivity contribution in [2.75, 3.05) is 3.92 Å². The van der Waals surface area contributed by atoms with Crippen molar-refractivity contribution in [2.24, 2.45) is 0 Å². The first-order chi connectivity index (χ1) is 8.75. The second-order valence-corrected chi connectivity index (χ2v) is 6.15. The Labute approximate surface area is 111 Å². The number of fused-ring (bicyclic) bond motifs is 1. The van der Waals surface area contributed by atoms with Crippen LogP contribution in [-0.2, 0) is 6.54 Å². The molecule has 0 N–H and O–H groups in total. The third-order valence-electron chi connectivity index (χ3n) is 2.83. The Bertz CT molecular complexity index is 601. The summed E-state index contributed by atoms with van der Waals surface area (Å²) in [5.41, 5.74) is 2.46. The molecule has 0 aromatic heterocycles. The van der Waals surface area contributed by atoms with Crippen LogP contribution in [0.5, 0.6) is 0 Å². The molecule has 4 nitrogen and oxygen atoms in total. The predicted octanol–water partition coefficient (Wildman–Crippen LogP) is 1.86. The molecule has 0 spiro atoms. The summed E-state index contributed by atoms with van der Waals surface area (Å²) in [7, 11) is 0. The van der Waals surface area contributed by atoms with E-state index in [0.29, 0.717) is 0 Å². The number of para-hydroxylation sites is 1. The van der Waals surface area contributed by atoms with Crippen molar-refractivity contribution in [1.29, 1.82) is 0 Å². The molecule has 0 bridgehead atoms. The van der Waals surface area contributed by atoms with Crippen LogP contribution in [-0.4, -0.2) is 20.1 Å². The third kappa shape index (κ3) is 1.88. The Morgan fingerprint density at radius 1 is 1.11 bits per heavy atom. The van der Waals surface area contributed by atoms with Gasteiger partial charge in [-0.15, -0.1) is 0 Å². The van der Waals surface area contributed by atoms with Gasteiger partial charge in [0.15, 0.2) is 0 Å². The zero-order chi connectivity index (χ0) is 12.5. The molecule has 2 aromatic carbocycles. The van der Waals surface area contributed by atoms with Crippen LogP contribution >= 0.6 is 0 Å². The summed E-state index contributed by atoms with van der Waals surface area (Å²) in [6.07, 6.45) is 0. The summed E-state index contributed by atoms with van der Waals surface area (Å²) in [4.78, 5) is 10.7. The van der Waals surface area contributed by atoms with Crippen molar-refractivity contribution >= 4 is 31.0 Å². The minimum absolute atomic E-state index is 0.0135. The summed E-state index contributed by atoms with van der Waals surface area (Å²) >= 11 is -0.0135. The molecular formula is C13H10N2O2Se. The van der Waals surface area contributed by atoms with Crippen LogP contribution in [0.3, 0.4) is 0 Å². The average Bonchev–Trinajstić information content (AvgIpc) is 2.83. The fraction of sp³-hybridized carbons (Fsp3) is 0.0769. The molecule has 3 rings (SSSR count). The molecule has 0 saturated heterocycles. The molecule has 0 aliphatic carbocycles. The van der Waals surface area contributed by atoms with Gasteiger partial charge in [-0.2, -0.15) is 0 Å². The Morgan fingerprint density at radius 2 is 1.89 bits per heavy atom. The second kappa shape index (κ2) is 4.44. The van der Waals surface area contributed by atoms with Gasteiger partial charge < -0.3 is 0 Å². The van der Waals surface area contributed by atoms with Crippen molar-refractivity contribution < 1.29 is 4.92 Å². The van der Waals surface area contributed by atoms with Crippen LogP contribution < -0.4 is 8.38 Å². The topological polar surface area (TPSA) is 46.4 Å². The van der Waals surface area contributed by atoms with Gasteiger partial charge >= 0.3 is 111 Å². The maximum absolute atomic E-state index is 11.0. The molecule has 0 atom stereocenters. The van der Waals surface area contributed by atoms with Gasteiger partial charge in [-0.25, -0.2) is 0 Å². The van der Waals surface area contributed by atoms with Gasteiger partial charge in [0, 0.05) is 0 Å². The van der Waals surface area contributed by atoms with Gasteiger partial charge in [0.1, 0.15) is 0 Å². The van der Waals surface area contributed by atoms with E-state index < -0.39 is 0 Å². The summed E-state index contributed by atoms with van der Waals surface area (Å²) in [6.45, 7) is 0.765. The van der Waals surface area contributed by atoms with Crippen LogP contribution in [0.25, 0.3) is 0 Å². The van der Waals surface area contributed by atoms with Gasteiger partial charge in [-0.05, 0) is 0 Å². The molecule has 1 aliphatic heterocycles. The van der Waals surface area contributed by atoms with Crippen molar-refractivity contribution in [3.05, 3.63) is 64.2 Å². The van der Waals surface area contributed by atoms with E-state index in [1.165, 1.54) is 0 Å². The standard InChI is InChI=1S/C13H10N2O2Se/c16-15(17)12-8-4-5-10-9-14(18-13(10)12)11-6-2-1-3-7-11/h1-8H,9H2. The molecule has 0 amide bonds. The van der Waals surface area contributed by atoms with Crippen molar-refractivity contribution in [1.82, 2.24) is 0 Å². The van der Waals surface area contributed by atoms with Gasteiger partial charge in [-0.3, -0.25) is 0 Å². The van der Waals surface area contributed by atoms with Crippen molar-refractivity contribution in [3.63, 3.8) is 0 Å². The summed E-state index contributed by atoms with van der Waals surface area (Å²) < 4.78 is 3.11. The van der Waals surface area contributed by atoms with Crippen LogP contribution in [0, 0.1) is 10.1 Å². The van der Waals surface area contributed by atoms with Crippen LogP contribution in [0.1, 0.15) is 5.56 Å². The van der Waals surface area contributed by atoms with E-state index in [0.717, 1.165) is 22.3 Å². The van der Waals surface area contributed by atoms with E-state index >= 15 is 0 Å². The number of nitro benzene ring substituents is 1. The summed E-state index contributed by atoms with van der Waals surface area (Å²) in [5, 5.41) is 11.0. The monoisotopic (exact) mass is 306 g/mol. The van der Waals surface area contributed by atoms with E-state index in [1.807, 2.05) is 36.4 Å². The van der Waals surface area contributed by atoms with Crippen molar-refractivity contribution in [3.8, 4) is 0 Å². The van der Waals surface area contributed by atoms with E-state index in [9.17, 15) is 10.1 Å². The van der Waals surface area contributed by atoms with Gasteiger partial charge in [0.05, 0.1) is 0 Å². The fourth-order valence-electron chi connectivity index (χ4n) is 1.98.